The summed E-state index contributed by atoms with van der Waals surface area (Å²) in [6, 6.07) is 16.3. The van der Waals surface area contributed by atoms with Gasteiger partial charge in [0, 0.05) is 29.2 Å². The molecule has 0 spiro atoms. The number of aryl methyl sites for hydroxylation is 1. The summed E-state index contributed by atoms with van der Waals surface area (Å²) >= 11 is 5.98. The fourth-order valence-corrected chi connectivity index (χ4v) is 2.50. The van der Waals surface area contributed by atoms with Crippen molar-refractivity contribution < 1.29 is 0 Å². The third-order valence-corrected chi connectivity index (χ3v) is 3.78. The lowest BCUT2D eigenvalue weighted by Crippen LogP contribution is -2.17. The zero-order valence-corrected chi connectivity index (χ0v) is 12.8. The van der Waals surface area contributed by atoms with Gasteiger partial charge in [-0.15, -0.1) is 0 Å². The Kier molecular flexibility index (Phi) is 4.16. The maximum absolute atomic E-state index is 5.98. The average Bonchev–Trinajstić information content (AvgIpc) is 2.75. The maximum Gasteiger partial charge on any atom is 0.0904 e. The van der Waals surface area contributed by atoms with Crippen molar-refractivity contribution in [3.63, 3.8) is 0 Å². The van der Waals surface area contributed by atoms with E-state index in [2.05, 4.69) is 31.2 Å². The molecule has 0 aromatic heterocycles. The van der Waals surface area contributed by atoms with Crippen molar-refractivity contribution in [3.8, 4) is 0 Å². The smallest absolute Gasteiger partial charge is 0.0904 e. The fourth-order valence-electron chi connectivity index (χ4n) is 2.38. The third-order valence-electron chi connectivity index (χ3n) is 3.52. The van der Waals surface area contributed by atoms with E-state index < -0.39 is 0 Å². The molecular weight excluding hydrogens is 280 g/mol. The van der Waals surface area contributed by atoms with Crippen LogP contribution in [0.1, 0.15) is 23.1 Å². The Hall–Kier alpha value is -1.93. The summed E-state index contributed by atoms with van der Waals surface area (Å²) in [5.74, 6) is 0. The molecule has 3 heteroatoms. The van der Waals surface area contributed by atoms with Gasteiger partial charge in [0.15, 0.2) is 0 Å². The van der Waals surface area contributed by atoms with Gasteiger partial charge in [-0.2, -0.15) is 0 Å². The molecule has 0 saturated heterocycles. The molecule has 0 atom stereocenters. The molecule has 0 bridgehead atoms. The van der Waals surface area contributed by atoms with Crippen molar-refractivity contribution in [3.05, 3.63) is 70.2 Å². The molecule has 2 nitrogen and oxygen atoms in total. The largest absolute Gasteiger partial charge is 0.282 e. The van der Waals surface area contributed by atoms with Gasteiger partial charge in [-0.1, -0.05) is 53.6 Å². The van der Waals surface area contributed by atoms with Crippen LogP contribution in [0.2, 0.25) is 5.02 Å². The minimum Gasteiger partial charge on any atom is -0.282 e. The lowest BCUT2D eigenvalue weighted by molar-refractivity contribution is 0.857. The highest BCUT2D eigenvalue weighted by Crippen LogP contribution is 2.16. The normalized spacial score (nSPS) is 15.1. The van der Waals surface area contributed by atoms with E-state index in [1.165, 1.54) is 5.56 Å². The van der Waals surface area contributed by atoms with Crippen molar-refractivity contribution in [2.75, 3.05) is 13.1 Å². The van der Waals surface area contributed by atoms with Gasteiger partial charge in [0.25, 0.3) is 0 Å². The summed E-state index contributed by atoms with van der Waals surface area (Å²) in [7, 11) is 0. The summed E-state index contributed by atoms with van der Waals surface area (Å²) in [4.78, 5) is 9.50. The van der Waals surface area contributed by atoms with Crippen LogP contribution in [0.25, 0.3) is 0 Å². The number of hydrogen-bond donors (Lipinski definition) is 0. The predicted octanol–water partition coefficient (Wildman–Crippen LogP) is 4.33. The van der Waals surface area contributed by atoms with Crippen LogP contribution in [-0.4, -0.2) is 24.5 Å². The first-order valence-corrected chi connectivity index (χ1v) is 7.54. The summed E-state index contributed by atoms with van der Waals surface area (Å²) in [5, 5.41) is 0.738. The van der Waals surface area contributed by atoms with Crippen LogP contribution in [0, 0.1) is 6.92 Å². The molecule has 3 rings (SSSR count). The number of nitrogens with zero attached hydrogens (tertiary/aromatic N) is 2. The van der Waals surface area contributed by atoms with Crippen LogP contribution >= 0.6 is 11.6 Å². The summed E-state index contributed by atoms with van der Waals surface area (Å²) in [5.41, 5.74) is 5.39. The van der Waals surface area contributed by atoms with E-state index in [9.17, 15) is 0 Å². The first-order chi connectivity index (χ1) is 10.2. The Bertz CT molecular complexity index is 621. The van der Waals surface area contributed by atoms with Gasteiger partial charge >= 0.3 is 0 Å². The van der Waals surface area contributed by atoms with Gasteiger partial charge in [0.1, 0.15) is 0 Å². The van der Waals surface area contributed by atoms with Crippen LogP contribution in [-0.2, 0) is 0 Å². The number of benzene rings is 2. The Labute approximate surface area is 130 Å². The quantitative estimate of drug-likeness (QED) is 0.788. The number of halogens is 1. The van der Waals surface area contributed by atoms with Crippen LogP contribution in [0.15, 0.2) is 58.5 Å². The van der Waals surface area contributed by atoms with Crippen molar-refractivity contribution >= 4 is 23.0 Å². The van der Waals surface area contributed by atoms with E-state index in [0.717, 1.165) is 47.1 Å². The molecule has 0 N–H and O–H groups in total. The first-order valence-electron chi connectivity index (χ1n) is 7.16. The molecule has 106 valence electrons. The SMILES string of the molecule is Cc1ccc(C2=NCCCN=C2c2ccc(Cl)cc2)cc1. The van der Waals surface area contributed by atoms with E-state index in [1.54, 1.807) is 0 Å². The second kappa shape index (κ2) is 6.23. The molecule has 2 aromatic rings. The minimum absolute atomic E-state index is 0.738. The van der Waals surface area contributed by atoms with Crippen molar-refractivity contribution in [1.29, 1.82) is 0 Å². The summed E-state index contributed by atoms with van der Waals surface area (Å²) in [6.45, 7) is 3.73. The first kappa shape index (κ1) is 14.0. The van der Waals surface area contributed by atoms with Gasteiger partial charge in [-0.05, 0) is 25.5 Å². The molecular formula is C18H17ClN2. The fraction of sp³-hybridized carbons (Fsp3) is 0.222. The second-order valence-corrected chi connectivity index (χ2v) is 5.62. The van der Waals surface area contributed by atoms with E-state index in [-0.39, 0.29) is 0 Å². The highest BCUT2D eigenvalue weighted by molar-refractivity contribution is 6.53. The molecule has 1 aliphatic heterocycles. The molecule has 0 amide bonds. The number of rotatable bonds is 2. The standard InChI is InChI=1S/C18H17ClN2/c1-13-3-5-14(6-4-13)17-18(21-12-2-11-20-17)15-7-9-16(19)10-8-15/h3-10H,2,11-12H2,1H3. The monoisotopic (exact) mass is 296 g/mol. The van der Waals surface area contributed by atoms with E-state index in [0.29, 0.717) is 0 Å². The molecule has 0 fully saturated rings. The Morgan fingerprint density at radius 3 is 1.76 bits per heavy atom. The summed E-state index contributed by atoms with van der Waals surface area (Å²) < 4.78 is 0. The van der Waals surface area contributed by atoms with Gasteiger partial charge in [-0.25, -0.2) is 0 Å². The summed E-state index contributed by atoms with van der Waals surface area (Å²) in [6.07, 6.45) is 0.993. The van der Waals surface area contributed by atoms with Crippen LogP contribution < -0.4 is 0 Å². The molecule has 0 unspecified atom stereocenters. The van der Waals surface area contributed by atoms with E-state index >= 15 is 0 Å². The molecule has 1 heterocycles. The van der Waals surface area contributed by atoms with E-state index in [1.807, 2.05) is 24.3 Å². The molecule has 0 aliphatic carbocycles. The molecule has 1 aliphatic rings. The van der Waals surface area contributed by atoms with Gasteiger partial charge in [-0.3, -0.25) is 9.98 Å². The van der Waals surface area contributed by atoms with Crippen LogP contribution in [0.3, 0.4) is 0 Å². The highest BCUT2D eigenvalue weighted by Gasteiger charge is 2.15. The highest BCUT2D eigenvalue weighted by atomic mass is 35.5. The van der Waals surface area contributed by atoms with Crippen molar-refractivity contribution in [2.45, 2.75) is 13.3 Å². The van der Waals surface area contributed by atoms with Crippen molar-refractivity contribution in [1.82, 2.24) is 0 Å². The molecule has 21 heavy (non-hydrogen) atoms. The minimum atomic E-state index is 0.738. The molecule has 0 radical (unpaired) electrons. The van der Waals surface area contributed by atoms with E-state index in [4.69, 9.17) is 21.6 Å². The molecule has 2 aromatic carbocycles. The molecule has 0 saturated carbocycles. The Balaban J connectivity index is 2.05. The topological polar surface area (TPSA) is 24.7 Å². The van der Waals surface area contributed by atoms with Gasteiger partial charge in [0.05, 0.1) is 11.4 Å². The zero-order chi connectivity index (χ0) is 14.7. The zero-order valence-electron chi connectivity index (χ0n) is 12.0. The number of aliphatic imine (C=N–C) groups is 2. The van der Waals surface area contributed by atoms with Crippen LogP contribution in [0.4, 0.5) is 0 Å². The lowest BCUT2D eigenvalue weighted by atomic mass is 9.99. The third kappa shape index (κ3) is 3.22. The van der Waals surface area contributed by atoms with Crippen molar-refractivity contribution in [2.24, 2.45) is 9.98 Å². The maximum atomic E-state index is 5.98. The Morgan fingerprint density at radius 2 is 1.24 bits per heavy atom. The Morgan fingerprint density at radius 1 is 0.762 bits per heavy atom. The van der Waals surface area contributed by atoms with Gasteiger partial charge < -0.3 is 0 Å². The van der Waals surface area contributed by atoms with Crippen LogP contribution in [0.5, 0.6) is 0 Å². The average molecular weight is 297 g/mol. The lowest BCUT2D eigenvalue weighted by Gasteiger charge is -2.10. The number of hydrogen-bond acceptors (Lipinski definition) is 2. The van der Waals surface area contributed by atoms with Gasteiger partial charge in [0.2, 0.25) is 0 Å². The second-order valence-electron chi connectivity index (χ2n) is 5.19. The predicted molar refractivity (Wildman–Crippen MR) is 90.1 cm³/mol.